The van der Waals surface area contributed by atoms with Crippen LogP contribution < -0.4 is 0 Å². The van der Waals surface area contributed by atoms with Crippen LogP contribution in [0.2, 0.25) is 0 Å². The third kappa shape index (κ3) is 2.92. The van der Waals surface area contributed by atoms with Gasteiger partial charge in [0, 0.05) is 6.20 Å². The third-order valence-electron chi connectivity index (χ3n) is 2.10. The fraction of sp³-hybridized carbons (Fsp3) is 0.222. The summed E-state index contributed by atoms with van der Waals surface area (Å²) < 4.78 is 74.3. The summed E-state index contributed by atoms with van der Waals surface area (Å²) in [7, 11) is 0. The summed E-state index contributed by atoms with van der Waals surface area (Å²) in [5.74, 6) is -1.11. The molecule has 20 heavy (non-hydrogen) atoms. The second-order valence-electron chi connectivity index (χ2n) is 3.51. The van der Waals surface area contributed by atoms with E-state index >= 15 is 0 Å². The largest absolute Gasteiger partial charge is 0.433 e. The highest BCUT2D eigenvalue weighted by atomic mass is 79.9. The van der Waals surface area contributed by atoms with Gasteiger partial charge in [0.15, 0.2) is 17.3 Å². The standard InChI is InChI=1S/C9H3BrF6N4/c10-5-4(9(14,15)16)19-7(20-5)6-17-2-1-3(18-6)8(11,12)13/h1-2H,(H,19,20). The van der Waals surface area contributed by atoms with Gasteiger partial charge in [-0.1, -0.05) is 0 Å². The van der Waals surface area contributed by atoms with Crippen molar-refractivity contribution in [3.8, 4) is 11.6 Å². The van der Waals surface area contributed by atoms with Crippen LogP contribution in [-0.2, 0) is 12.4 Å². The molecule has 1 N–H and O–H groups in total. The molecule has 0 fully saturated rings. The Balaban J connectivity index is 2.48. The van der Waals surface area contributed by atoms with Gasteiger partial charge in [-0.2, -0.15) is 26.3 Å². The maximum Gasteiger partial charge on any atom is 0.433 e. The van der Waals surface area contributed by atoms with Crippen LogP contribution in [0.1, 0.15) is 11.4 Å². The topological polar surface area (TPSA) is 54.5 Å². The van der Waals surface area contributed by atoms with Crippen molar-refractivity contribution < 1.29 is 26.3 Å². The molecule has 4 nitrogen and oxygen atoms in total. The smallest absolute Gasteiger partial charge is 0.331 e. The van der Waals surface area contributed by atoms with Gasteiger partial charge in [0.05, 0.1) is 0 Å². The lowest BCUT2D eigenvalue weighted by Crippen LogP contribution is -2.09. The highest BCUT2D eigenvalue weighted by Crippen LogP contribution is 2.35. The molecule has 108 valence electrons. The summed E-state index contributed by atoms with van der Waals surface area (Å²) in [6.45, 7) is 0. The minimum atomic E-state index is -4.73. The van der Waals surface area contributed by atoms with Crippen LogP contribution in [0, 0.1) is 0 Å². The molecule has 0 saturated heterocycles. The van der Waals surface area contributed by atoms with Crippen molar-refractivity contribution in [2.45, 2.75) is 12.4 Å². The minimum absolute atomic E-state index is 0.518. The Morgan fingerprint density at radius 2 is 1.65 bits per heavy atom. The molecule has 0 unspecified atom stereocenters. The van der Waals surface area contributed by atoms with Crippen LogP contribution in [-0.4, -0.2) is 19.9 Å². The van der Waals surface area contributed by atoms with Gasteiger partial charge >= 0.3 is 12.4 Å². The van der Waals surface area contributed by atoms with E-state index in [0.717, 1.165) is 6.20 Å². The maximum absolute atomic E-state index is 12.5. The Morgan fingerprint density at radius 3 is 2.15 bits per heavy atom. The minimum Gasteiger partial charge on any atom is -0.331 e. The zero-order chi connectivity index (χ0) is 15.1. The fourth-order valence-electron chi connectivity index (χ4n) is 1.28. The lowest BCUT2D eigenvalue weighted by atomic mass is 10.4. The molecule has 0 spiro atoms. The van der Waals surface area contributed by atoms with E-state index < -0.39 is 40.0 Å². The van der Waals surface area contributed by atoms with E-state index in [0.29, 0.717) is 6.07 Å². The SMILES string of the molecule is FC(F)(F)c1ccnc(-c2nc(Br)c(C(F)(F)F)[nH]2)n1. The van der Waals surface area contributed by atoms with Gasteiger partial charge in [0.1, 0.15) is 10.3 Å². The maximum atomic E-state index is 12.5. The summed E-state index contributed by atoms with van der Waals surface area (Å²) >= 11 is 2.57. The summed E-state index contributed by atoms with van der Waals surface area (Å²) in [4.78, 5) is 11.9. The Hall–Kier alpha value is -1.65. The Kier molecular flexibility index (Phi) is 3.48. The predicted octanol–water partition coefficient (Wildman–Crippen LogP) is 3.67. The lowest BCUT2D eigenvalue weighted by Gasteiger charge is -2.05. The number of alkyl halides is 6. The van der Waals surface area contributed by atoms with Crippen LogP contribution in [0.3, 0.4) is 0 Å². The van der Waals surface area contributed by atoms with Gasteiger partial charge in [0.2, 0.25) is 0 Å². The molecule has 2 rings (SSSR count). The molecule has 0 aliphatic carbocycles. The number of hydrogen-bond donors (Lipinski definition) is 1. The Labute approximate surface area is 115 Å². The van der Waals surface area contributed by atoms with E-state index in [9.17, 15) is 26.3 Å². The van der Waals surface area contributed by atoms with Crippen molar-refractivity contribution in [3.63, 3.8) is 0 Å². The second-order valence-corrected chi connectivity index (χ2v) is 4.26. The fourth-order valence-corrected chi connectivity index (χ4v) is 1.78. The van der Waals surface area contributed by atoms with Crippen molar-refractivity contribution in [2.75, 3.05) is 0 Å². The van der Waals surface area contributed by atoms with E-state index in [-0.39, 0.29) is 0 Å². The quantitative estimate of drug-likeness (QED) is 0.789. The van der Waals surface area contributed by atoms with Crippen molar-refractivity contribution >= 4 is 15.9 Å². The summed E-state index contributed by atoms with van der Waals surface area (Å²) in [6.07, 6.45) is -8.67. The highest BCUT2D eigenvalue weighted by Gasteiger charge is 2.37. The number of hydrogen-bond acceptors (Lipinski definition) is 3. The number of aromatic amines is 1. The Bertz CT molecular complexity index is 632. The van der Waals surface area contributed by atoms with Gasteiger partial charge in [-0.25, -0.2) is 15.0 Å². The number of nitrogens with zero attached hydrogens (tertiary/aromatic N) is 3. The predicted molar refractivity (Wildman–Crippen MR) is 57.3 cm³/mol. The lowest BCUT2D eigenvalue weighted by molar-refractivity contribution is -0.142. The molecule has 2 aromatic heterocycles. The Morgan fingerprint density at radius 1 is 1.00 bits per heavy atom. The van der Waals surface area contributed by atoms with Crippen LogP contribution >= 0.6 is 15.9 Å². The molecular weight excluding hydrogens is 358 g/mol. The van der Waals surface area contributed by atoms with Gasteiger partial charge in [0.25, 0.3) is 0 Å². The normalized spacial score (nSPS) is 12.8. The molecular formula is C9H3BrF6N4. The number of nitrogens with one attached hydrogen (secondary N) is 1. The van der Waals surface area contributed by atoms with Crippen molar-refractivity contribution in [1.82, 2.24) is 19.9 Å². The molecule has 2 aromatic rings. The van der Waals surface area contributed by atoms with Crippen molar-refractivity contribution in [3.05, 3.63) is 28.3 Å². The van der Waals surface area contributed by atoms with Crippen molar-refractivity contribution in [1.29, 1.82) is 0 Å². The number of imidazole rings is 1. The number of rotatable bonds is 1. The van der Waals surface area contributed by atoms with Crippen LogP contribution in [0.15, 0.2) is 16.9 Å². The molecule has 0 aliphatic heterocycles. The first-order valence-corrected chi connectivity index (χ1v) is 5.61. The molecule has 2 heterocycles. The van der Waals surface area contributed by atoms with E-state index in [2.05, 4.69) is 30.9 Å². The summed E-state index contributed by atoms with van der Waals surface area (Å²) in [5.41, 5.74) is -2.50. The zero-order valence-electron chi connectivity index (χ0n) is 9.14. The average Bonchev–Trinajstić information content (AvgIpc) is 2.70. The molecule has 0 amide bonds. The van der Waals surface area contributed by atoms with Crippen LogP contribution in [0.4, 0.5) is 26.3 Å². The summed E-state index contributed by atoms with van der Waals surface area (Å²) in [5, 5.41) is 0. The molecule has 0 radical (unpaired) electrons. The third-order valence-corrected chi connectivity index (χ3v) is 2.67. The van der Waals surface area contributed by atoms with Gasteiger partial charge in [-0.15, -0.1) is 0 Å². The molecule has 0 bridgehead atoms. The monoisotopic (exact) mass is 360 g/mol. The number of halogens is 7. The zero-order valence-corrected chi connectivity index (χ0v) is 10.7. The van der Waals surface area contributed by atoms with Gasteiger partial charge in [-0.3, -0.25) is 0 Å². The van der Waals surface area contributed by atoms with Gasteiger partial charge in [-0.05, 0) is 22.0 Å². The number of aromatic nitrogens is 4. The first-order valence-electron chi connectivity index (χ1n) is 4.82. The van der Waals surface area contributed by atoms with Crippen molar-refractivity contribution in [2.24, 2.45) is 0 Å². The molecule has 11 heteroatoms. The first-order chi connectivity index (χ1) is 9.09. The molecule has 0 atom stereocenters. The van der Waals surface area contributed by atoms with E-state index in [4.69, 9.17) is 0 Å². The number of H-pyrrole nitrogens is 1. The summed E-state index contributed by atoms with van der Waals surface area (Å²) in [6, 6.07) is 0.603. The van der Waals surface area contributed by atoms with E-state index in [1.54, 1.807) is 0 Å². The second kappa shape index (κ2) is 4.72. The average molecular weight is 361 g/mol. The molecule has 0 saturated carbocycles. The molecule has 0 aliphatic rings. The highest BCUT2D eigenvalue weighted by molar-refractivity contribution is 9.10. The van der Waals surface area contributed by atoms with Crippen LogP contribution in [0.5, 0.6) is 0 Å². The first kappa shape index (κ1) is 14.8. The van der Waals surface area contributed by atoms with E-state index in [1.807, 2.05) is 4.98 Å². The molecule has 0 aromatic carbocycles. The van der Waals surface area contributed by atoms with E-state index in [1.165, 1.54) is 0 Å². The van der Waals surface area contributed by atoms with Crippen LogP contribution in [0.25, 0.3) is 11.6 Å². The van der Waals surface area contributed by atoms with Gasteiger partial charge < -0.3 is 4.98 Å².